The van der Waals surface area contributed by atoms with Crippen molar-refractivity contribution in [2.45, 2.75) is 32.1 Å². The molecule has 0 saturated heterocycles. The zero-order valence-electron chi connectivity index (χ0n) is 10.9. The van der Waals surface area contributed by atoms with E-state index < -0.39 is 40.7 Å². The van der Waals surface area contributed by atoms with Gasteiger partial charge in [0.05, 0.1) is 0 Å². The van der Waals surface area contributed by atoms with E-state index in [9.17, 15) is 26.7 Å². The third kappa shape index (κ3) is 3.25. The van der Waals surface area contributed by atoms with Gasteiger partial charge in [-0.15, -0.1) is 0 Å². The Morgan fingerprint density at radius 1 is 0.905 bits per heavy atom. The number of halogens is 5. The molecule has 0 atom stereocenters. The molecule has 1 aromatic rings. The Labute approximate surface area is 117 Å². The molecule has 3 nitrogen and oxygen atoms in total. The molecule has 2 rings (SSSR count). The number of carbonyl (C=O) groups excluding carboxylic acids is 1. The summed E-state index contributed by atoms with van der Waals surface area (Å²) >= 11 is 0. The Morgan fingerprint density at radius 3 is 1.90 bits per heavy atom. The van der Waals surface area contributed by atoms with E-state index in [1.54, 1.807) is 5.43 Å². The lowest BCUT2D eigenvalue weighted by Crippen LogP contribution is -2.32. The Balaban J connectivity index is 2.04. The molecule has 0 aliphatic heterocycles. The van der Waals surface area contributed by atoms with Gasteiger partial charge in [0.1, 0.15) is 5.69 Å². The van der Waals surface area contributed by atoms with Crippen LogP contribution in [0.4, 0.5) is 27.6 Å². The molecule has 0 heterocycles. The standard InChI is InChI=1S/C13H13F5N2O/c14-8-9(15)11(17)13(12(18)10(8)16)20-19-7(21)5-6-3-1-2-4-6/h6,20H,1-5H2,(H,19,21). The van der Waals surface area contributed by atoms with Crippen LogP contribution in [0.5, 0.6) is 0 Å². The van der Waals surface area contributed by atoms with Crippen LogP contribution >= 0.6 is 0 Å². The lowest BCUT2D eigenvalue weighted by atomic mass is 10.0. The summed E-state index contributed by atoms with van der Waals surface area (Å²) in [4.78, 5) is 11.6. The molecule has 116 valence electrons. The summed E-state index contributed by atoms with van der Waals surface area (Å²) in [6.07, 6.45) is 3.94. The quantitative estimate of drug-likeness (QED) is 0.387. The van der Waals surface area contributed by atoms with Crippen LogP contribution in [0, 0.1) is 35.0 Å². The first-order valence-electron chi connectivity index (χ1n) is 6.48. The summed E-state index contributed by atoms with van der Waals surface area (Å²) in [6, 6.07) is 0. The zero-order valence-corrected chi connectivity index (χ0v) is 10.9. The van der Waals surface area contributed by atoms with Gasteiger partial charge in [-0.25, -0.2) is 22.0 Å². The number of hydrogen-bond donors (Lipinski definition) is 2. The second-order valence-corrected chi connectivity index (χ2v) is 4.97. The summed E-state index contributed by atoms with van der Waals surface area (Å²) in [5.74, 6) is -10.8. The monoisotopic (exact) mass is 308 g/mol. The van der Waals surface area contributed by atoms with Gasteiger partial charge < -0.3 is 0 Å². The van der Waals surface area contributed by atoms with E-state index in [4.69, 9.17) is 0 Å². The maximum atomic E-state index is 13.3. The topological polar surface area (TPSA) is 41.1 Å². The minimum Gasteiger partial charge on any atom is -0.293 e. The van der Waals surface area contributed by atoms with Gasteiger partial charge >= 0.3 is 0 Å². The van der Waals surface area contributed by atoms with Crippen molar-refractivity contribution in [2.24, 2.45) is 5.92 Å². The van der Waals surface area contributed by atoms with Crippen molar-refractivity contribution in [3.05, 3.63) is 29.1 Å². The molecule has 1 aliphatic carbocycles. The smallest absolute Gasteiger partial charge is 0.238 e. The SMILES string of the molecule is O=C(CC1CCCC1)NNc1c(F)c(F)c(F)c(F)c1F. The van der Waals surface area contributed by atoms with Crippen molar-refractivity contribution in [1.29, 1.82) is 0 Å². The highest BCUT2D eigenvalue weighted by atomic mass is 19.2. The fraction of sp³-hybridized carbons (Fsp3) is 0.462. The molecular formula is C13H13F5N2O. The number of hydrogen-bond acceptors (Lipinski definition) is 2. The highest BCUT2D eigenvalue weighted by molar-refractivity contribution is 5.77. The molecule has 1 saturated carbocycles. The minimum atomic E-state index is -2.24. The van der Waals surface area contributed by atoms with Gasteiger partial charge in [-0.3, -0.25) is 15.6 Å². The number of rotatable bonds is 4. The van der Waals surface area contributed by atoms with Crippen molar-refractivity contribution in [3.63, 3.8) is 0 Å². The molecule has 0 bridgehead atoms. The number of hydrazine groups is 1. The van der Waals surface area contributed by atoms with E-state index in [1.165, 1.54) is 0 Å². The van der Waals surface area contributed by atoms with E-state index in [-0.39, 0.29) is 12.3 Å². The van der Waals surface area contributed by atoms with Crippen LogP contribution in [0.25, 0.3) is 0 Å². The number of anilines is 1. The lowest BCUT2D eigenvalue weighted by Gasteiger charge is -2.13. The molecule has 0 radical (unpaired) electrons. The molecule has 0 unspecified atom stereocenters. The lowest BCUT2D eigenvalue weighted by molar-refractivity contribution is -0.121. The Morgan fingerprint density at radius 2 is 1.38 bits per heavy atom. The van der Waals surface area contributed by atoms with Gasteiger partial charge in [0, 0.05) is 6.42 Å². The van der Waals surface area contributed by atoms with Crippen LogP contribution in [0.15, 0.2) is 0 Å². The minimum absolute atomic E-state index is 0.141. The van der Waals surface area contributed by atoms with Crippen molar-refractivity contribution in [2.75, 3.05) is 5.43 Å². The summed E-state index contributed by atoms with van der Waals surface area (Å²) < 4.78 is 65.4. The summed E-state index contributed by atoms with van der Waals surface area (Å²) in [5.41, 5.74) is 2.45. The first-order chi connectivity index (χ1) is 9.91. The molecular weight excluding hydrogens is 295 g/mol. The van der Waals surface area contributed by atoms with Crippen molar-refractivity contribution < 1.29 is 26.7 Å². The van der Waals surface area contributed by atoms with Gasteiger partial charge in [-0.05, 0) is 18.8 Å². The normalized spacial score (nSPS) is 15.3. The number of amides is 1. The second-order valence-electron chi connectivity index (χ2n) is 4.97. The van der Waals surface area contributed by atoms with E-state index in [0.29, 0.717) is 0 Å². The zero-order chi connectivity index (χ0) is 15.6. The highest BCUT2D eigenvalue weighted by Gasteiger charge is 2.26. The predicted octanol–water partition coefficient (Wildman–Crippen LogP) is 3.41. The highest BCUT2D eigenvalue weighted by Crippen LogP contribution is 2.28. The maximum Gasteiger partial charge on any atom is 0.238 e. The van der Waals surface area contributed by atoms with Crippen molar-refractivity contribution in [3.8, 4) is 0 Å². The Kier molecular flexibility index (Phi) is 4.64. The first kappa shape index (κ1) is 15.5. The van der Waals surface area contributed by atoms with Crippen LogP contribution in [-0.2, 0) is 4.79 Å². The maximum absolute atomic E-state index is 13.3. The van der Waals surface area contributed by atoms with Gasteiger partial charge in [0.25, 0.3) is 0 Å². The summed E-state index contributed by atoms with van der Waals surface area (Å²) in [7, 11) is 0. The fourth-order valence-corrected chi connectivity index (χ4v) is 2.37. The summed E-state index contributed by atoms with van der Waals surface area (Å²) in [5, 5.41) is 0. The number of carbonyl (C=O) groups is 1. The largest absolute Gasteiger partial charge is 0.293 e. The van der Waals surface area contributed by atoms with Gasteiger partial charge in [-0.1, -0.05) is 12.8 Å². The molecule has 8 heteroatoms. The fourth-order valence-electron chi connectivity index (χ4n) is 2.37. The van der Waals surface area contributed by atoms with E-state index in [0.717, 1.165) is 25.7 Å². The van der Waals surface area contributed by atoms with Crippen LogP contribution in [0.2, 0.25) is 0 Å². The van der Waals surface area contributed by atoms with Crippen LogP contribution in [0.1, 0.15) is 32.1 Å². The molecule has 1 aromatic carbocycles. The van der Waals surface area contributed by atoms with E-state index in [1.807, 2.05) is 5.43 Å². The first-order valence-corrected chi connectivity index (χ1v) is 6.48. The van der Waals surface area contributed by atoms with Crippen molar-refractivity contribution in [1.82, 2.24) is 5.43 Å². The molecule has 0 spiro atoms. The third-order valence-corrected chi connectivity index (χ3v) is 3.49. The van der Waals surface area contributed by atoms with E-state index >= 15 is 0 Å². The number of nitrogens with one attached hydrogen (secondary N) is 2. The van der Waals surface area contributed by atoms with E-state index in [2.05, 4.69) is 0 Å². The Hall–Kier alpha value is -1.86. The molecule has 0 aromatic heterocycles. The summed E-state index contributed by atoms with van der Waals surface area (Å²) in [6.45, 7) is 0. The van der Waals surface area contributed by atoms with Crippen LogP contribution in [0.3, 0.4) is 0 Å². The van der Waals surface area contributed by atoms with Crippen LogP contribution < -0.4 is 10.9 Å². The predicted molar refractivity (Wildman–Crippen MR) is 64.6 cm³/mol. The molecule has 1 aliphatic rings. The van der Waals surface area contributed by atoms with Gasteiger partial charge in [0.2, 0.25) is 11.7 Å². The molecule has 1 fully saturated rings. The van der Waals surface area contributed by atoms with Gasteiger partial charge in [-0.2, -0.15) is 0 Å². The average Bonchev–Trinajstić information content (AvgIpc) is 2.96. The third-order valence-electron chi connectivity index (χ3n) is 3.49. The average molecular weight is 308 g/mol. The molecule has 21 heavy (non-hydrogen) atoms. The molecule has 2 N–H and O–H groups in total. The second kappa shape index (κ2) is 6.28. The number of benzene rings is 1. The van der Waals surface area contributed by atoms with Crippen LogP contribution in [-0.4, -0.2) is 5.91 Å². The van der Waals surface area contributed by atoms with Gasteiger partial charge in [0.15, 0.2) is 23.3 Å². The van der Waals surface area contributed by atoms with Crippen molar-refractivity contribution >= 4 is 11.6 Å². The Bertz CT molecular complexity index is 529. The molecule has 1 amide bonds.